The lowest BCUT2D eigenvalue weighted by Gasteiger charge is -2.30. The largest absolute Gasteiger partial charge is 0.489 e. The number of aromatic carboxylic acids is 1. The number of sulfonamides is 1. The monoisotopic (exact) mass is 333 g/mol. The normalized spacial score (nSPS) is 14.0. The fourth-order valence-electron chi connectivity index (χ4n) is 2.45. The molecule has 0 aromatic heterocycles. The van der Waals surface area contributed by atoms with Crippen molar-refractivity contribution >= 4 is 21.7 Å². The lowest BCUT2D eigenvalue weighted by Crippen LogP contribution is -2.38. The molecule has 1 aliphatic heterocycles. The van der Waals surface area contributed by atoms with Crippen LogP contribution in [0.1, 0.15) is 15.9 Å². The summed E-state index contributed by atoms with van der Waals surface area (Å²) in [5.74, 6) is -0.575. The Balaban J connectivity index is 2.04. The van der Waals surface area contributed by atoms with E-state index in [1.807, 2.05) is 13.0 Å². The standard InChI is InChI=1S/C16H15NO5S/c1-11-2-7-15-14(10-11)17(8-9-22-15)23(20,21)13-5-3-12(4-6-13)16(18)19/h2-7,10H,8-9H2,1H3,(H,18,19). The van der Waals surface area contributed by atoms with Crippen molar-refractivity contribution in [3.8, 4) is 5.75 Å². The highest BCUT2D eigenvalue weighted by Crippen LogP contribution is 2.35. The molecular weight excluding hydrogens is 318 g/mol. The van der Waals surface area contributed by atoms with E-state index >= 15 is 0 Å². The molecule has 1 heterocycles. The zero-order valence-corrected chi connectivity index (χ0v) is 13.2. The van der Waals surface area contributed by atoms with Crippen molar-refractivity contribution in [2.24, 2.45) is 0 Å². The van der Waals surface area contributed by atoms with E-state index in [-0.39, 0.29) is 23.6 Å². The molecule has 0 saturated carbocycles. The van der Waals surface area contributed by atoms with Gasteiger partial charge in [0.1, 0.15) is 12.4 Å². The molecule has 0 spiro atoms. The molecule has 2 aromatic carbocycles. The molecule has 23 heavy (non-hydrogen) atoms. The van der Waals surface area contributed by atoms with Crippen molar-refractivity contribution in [1.29, 1.82) is 0 Å². The Hall–Kier alpha value is -2.54. The summed E-state index contributed by atoms with van der Waals surface area (Å²) in [6.45, 7) is 2.35. The molecule has 0 fully saturated rings. The number of carbonyl (C=O) groups is 1. The predicted molar refractivity (Wildman–Crippen MR) is 84.6 cm³/mol. The number of ether oxygens (including phenoxy) is 1. The van der Waals surface area contributed by atoms with Gasteiger partial charge < -0.3 is 9.84 Å². The van der Waals surface area contributed by atoms with Crippen LogP contribution in [0.15, 0.2) is 47.4 Å². The van der Waals surface area contributed by atoms with Crippen molar-refractivity contribution in [3.63, 3.8) is 0 Å². The van der Waals surface area contributed by atoms with Crippen LogP contribution < -0.4 is 9.04 Å². The maximum Gasteiger partial charge on any atom is 0.335 e. The highest BCUT2D eigenvalue weighted by molar-refractivity contribution is 7.92. The van der Waals surface area contributed by atoms with E-state index in [1.54, 1.807) is 12.1 Å². The van der Waals surface area contributed by atoms with Gasteiger partial charge in [0.15, 0.2) is 0 Å². The number of fused-ring (bicyclic) bond motifs is 1. The van der Waals surface area contributed by atoms with Crippen LogP contribution in [0, 0.1) is 6.92 Å². The Bertz CT molecular complexity index is 859. The van der Waals surface area contributed by atoms with Crippen molar-refractivity contribution in [3.05, 3.63) is 53.6 Å². The van der Waals surface area contributed by atoms with Gasteiger partial charge in [0.2, 0.25) is 0 Å². The quantitative estimate of drug-likeness (QED) is 0.931. The Labute approximate surface area is 134 Å². The molecule has 0 amide bonds. The van der Waals surface area contributed by atoms with Gasteiger partial charge in [-0.05, 0) is 48.9 Å². The van der Waals surface area contributed by atoms with Gasteiger partial charge in [-0.2, -0.15) is 0 Å². The topological polar surface area (TPSA) is 83.9 Å². The number of nitrogens with zero attached hydrogens (tertiary/aromatic N) is 1. The molecule has 7 heteroatoms. The van der Waals surface area contributed by atoms with E-state index < -0.39 is 16.0 Å². The number of carboxylic acid groups (broad SMARTS) is 1. The number of hydrogen-bond donors (Lipinski definition) is 1. The number of rotatable bonds is 3. The lowest BCUT2D eigenvalue weighted by atomic mass is 10.2. The third-order valence-electron chi connectivity index (χ3n) is 3.62. The summed E-state index contributed by atoms with van der Waals surface area (Å²) in [7, 11) is -3.77. The molecule has 0 unspecified atom stereocenters. The summed E-state index contributed by atoms with van der Waals surface area (Å²) < 4.78 is 32.5. The number of anilines is 1. The van der Waals surface area contributed by atoms with Crippen LogP contribution in [0.3, 0.4) is 0 Å². The molecule has 0 bridgehead atoms. The molecule has 0 radical (unpaired) electrons. The van der Waals surface area contributed by atoms with Gasteiger partial charge in [-0.25, -0.2) is 13.2 Å². The zero-order chi connectivity index (χ0) is 16.6. The molecule has 2 aromatic rings. The molecule has 0 aliphatic carbocycles. The second kappa shape index (κ2) is 5.58. The van der Waals surface area contributed by atoms with Crippen LogP contribution in [0.2, 0.25) is 0 Å². The van der Waals surface area contributed by atoms with Gasteiger partial charge in [-0.3, -0.25) is 4.31 Å². The predicted octanol–water partition coefficient (Wildman–Crippen LogP) is 2.28. The van der Waals surface area contributed by atoms with Crippen LogP contribution in [0.25, 0.3) is 0 Å². The summed E-state index contributed by atoms with van der Waals surface area (Å²) >= 11 is 0. The Kier molecular flexibility index (Phi) is 3.73. The van der Waals surface area contributed by atoms with Crippen molar-refractivity contribution in [2.45, 2.75) is 11.8 Å². The molecule has 0 saturated heterocycles. The molecule has 1 N–H and O–H groups in total. The van der Waals surface area contributed by atoms with E-state index in [0.717, 1.165) is 5.56 Å². The maximum atomic E-state index is 12.9. The first-order valence-corrected chi connectivity index (χ1v) is 8.43. The molecular formula is C16H15NO5S. The van der Waals surface area contributed by atoms with E-state index in [0.29, 0.717) is 11.4 Å². The van der Waals surface area contributed by atoms with Gasteiger partial charge in [-0.1, -0.05) is 6.07 Å². The summed E-state index contributed by atoms with van der Waals surface area (Å²) in [5, 5.41) is 8.91. The second-order valence-corrected chi connectivity index (χ2v) is 7.09. The Morgan fingerprint density at radius 2 is 1.87 bits per heavy atom. The minimum atomic E-state index is -3.77. The van der Waals surface area contributed by atoms with Gasteiger partial charge >= 0.3 is 5.97 Å². The molecule has 1 aliphatic rings. The van der Waals surface area contributed by atoms with Crippen molar-refractivity contribution < 1.29 is 23.1 Å². The summed E-state index contributed by atoms with van der Waals surface area (Å²) in [6.07, 6.45) is 0. The fraction of sp³-hybridized carbons (Fsp3) is 0.188. The molecule has 6 nitrogen and oxygen atoms in total. The van der Waals surface area contributed by atoms with Crippen molar-refractivity contribution in [1.82, 2.24) is 0 Å². The lowest BCUT2D eigenvalue weighted by molar-refractivity contribution is 0.0696. The zero-order valence-electron chi connectivity index (χ0n) is 12.4. The number of hydrogen-bond acceptors (Lipinski definition) is 4. The summed E-state index contributed by atoms with van der Waals surface area (Å²) in [5.41, 5.74) is 1.47. The van der Waals surface area contributed by atoms with Crippen LogP contribution >= 0.6 is 0 Å². The minimum absolute atomic E-state index is 0.0437. The van der Waals surface area contributed by atoms with E-state index in [2.05, 4.69) is 0 Å². The van der Waals surface area contributed by atoms with Crippen LogP contribution in [-0.4, -0.2) is 32.6 Å². The van der Waals surface area contributed by atoms with E-state index in [4.69, 9.17) is 9.84 Å². The van der Waals surface area contributed by atoms with E-state index in [9.17, 15) is 13.2 Å². The highest BCUT2D eigenvalue weighted by atomic mass is 32.2. The molecule has 120 valence electrons. The average Bonchev–Trinajstić information content (AvgIpc) is 2.54. The van der Waals surface area contributed by atoms with Crippen LogP contribution in [0.5, 0.6) is 5.75 Å². The first-order valence-electron chi connectivity index (χ1n) is 6.99. The highest BCUT2D eigenvalue weighted by Gasteiger charge is 2.30. The van der Waals surface area contributed by atoms with Crippen molar-refractivity contribution in [2.75, 3.05) is 17.5 Å². The summed E-state index contributed by atoms with van der Waals surface area (Å²) in [6, 6.07) is 10.6. The maximum absolute atomic E-state index is 12.9. The smallest absolute Gasteiger partial charge is 0.335 e. The Morgan fingerprint density at radius 3 is 2.52 bits per heavy atom. The minimum Gasteiger partial charge on any atom is -0.489 e. The number of carboxylic acids is 1. The first kappa shape index (κ1) is 15.4. The van der Waals surface area contributed by atoms with Gasteiger partial charge in [-0.15, -0.1) is 0 Å². The van der Waals surface area contributed by atoms with Crippen LogP contribution in [-0.2, 0) is 10.0 Å². The molecule has 0 atom stereocenters. The summed E-state index contributed by atoms with van der Waals surface area (Å²) in [4.78, 5) is 10.9. The fourth-order valence-corrected chi connectivity index (χ4v) is 3.90. The van der Waals surface area contributed by atoms with Gasteiger partial charge in [0, 0.05) is 0 Å². The van der Waals surface area contributed by atoms with E-state index in [1.165, 1.54) is 28.6 Å². The third-order valence-corrected chi connectivity index (χ3v) is 5.45. The average molecular weight is 333 g/mol. The Morgan fingerprint density at radius 1 is 1.17 bits per heavy atom. The SMILES string of the molecule is Cc1ccc2c(c1)N(S(=O)(=O)c1ccc(C(=O)O)cc1)CCO2. The number of aryl methyl sites for hydroxylation is 1. The second-order valence-electron chi connectivity index (χ2n) is 5.23. The third kappa shape index (κ3) is 2.75. The first-order chi connectivity index (χ1) is 10.9. The number of benzene rings is 2. The molecule has 3 rings (SSSR count). The van der Waals surface area contributed by atoms with Gasteiger partial charge in [0.25, 0.3) is 10.0 Å². The van der Waals surface area contributed by atoms with Gasteiger partial charge in [0.05, 0.1) is 22.7 Å². The van der Waals surface area contributed by atoms with Crippen LogP contribution in [0.4, 0.5) is 5.69 Å².